The second-order valence-electron chi connectivity index (χ2n) is 4.55. The molecule has 0 saturated heterocycles. The summed E-state index contributed by atoms with van der Waals surface area (Å²) in [4.78, 5) is 16.6. The number of likely N-dealkylation sites (N-methyl/N-ethyl adjacent to an activating group) is 1. The van der Waals surface area contributed by atoms with Gasteiger partial charge in [0.1, 0.15) is 0 Å². The number of thioether (sulfide) groups is 1. The number of carboxylic acids is 1. The molecule has 0 radical (unpaired) electrons. The number of hydrogen-bond acceptors (Lipinski definition) is 6. The van der Waals surface area contributed by atoms with Crippen LogP contribution in [0.1, 0.15) is 5.56 Å². The molecule has 2 rings (SSSR count). The zero-order valence-electron chi connectivity index (χ0n) is 11.9. The van der Waals surface area contributed by atoms with Gasteiger partial charge in [0.05, 0.1) is 5.75 Å². The van der Waals surface area contributed by atoms with Gasteiger partial charge in [0.25, 0.3) is 0 Å². The zero-order valence-corrected chi connectivity index (χ0v) is 12.7. The summed E-state index contributed by atoms with van der Waals surface area (Å²) in [5, 5.41) is 17.4. The van der Waals surface area contributed by atoms with E-state index in [1.165, 1.54) is 5.56 Å². The molecule has 0 saturated carbocycles. The molecule has 7 nitrogen and oxygen atoms in total. The lowest BCUT2D eigenvalue weighted by Crippen LogP contribution is -2.23. The number of anilines is 1. The second-order valence-corrected chi connectivity index (χ2v) is 5.49. The molecule has 21 heavy (non-hydrogen) atoms. The van der Waals surface area contributed by atoms with Crippen molar-refractivity contribution >= 4 is 23.7 Å². The van der Waals surface area contributed by atoms with Crippen LogP contribution in [0.5, 0.6) is 0 Å². The van der Waals surface area contributed by atoms with E-state index >= 15 is 0 Å². The minimum Gasteiger partial charge on any atom is -0.481 e. The van der Waals surface area contributed by atoms with E-state index in [1.54, 1.807) is 17.0 Å². The van der Waals surface area contributed by atoms with E-state index in [2.05, 4.69) is 15.2 Å². The number of rotatable bonds is 7. The van der Waals surface area contributed by atoms with Crippen molar-refractivity contribution in [2.24, 2.45) is 7.05 Å². The molecule has 0 spiro atoms. The Morgan fingerprint density at radius 2 is 2.10 bits per heavy atom. The minimum atomic E-state index is -0.865. The Morgan fingerprint density at radius 3 is 2.76 bits per heavy atom. The highest BCUT2D eigenvalue weighted by Gasteiger charge is 2.14. The quantitative estimate of drug-likeness (QED) is 0.766. The maximum atomic E-state index is 10.6. The average molecular weight is 307 g/mol. The summed E-state index contributed by atoms with van der Waals surface area (Å²) in [6, 6.07) is 3.97. The molecule has 112 valence electrons. The Kier molecular flexibility index (Phi) is 5.15. The predicted octanol–water partition coefficient (Wildman–Crippen LogP) is 1.07. The molecule has 0 amide bonds. The maximum absolute atomic E-state index is 10.6. The number of hydrogen-bond donors (Lipinski definition) is 1. The third-order valence-corrected chi connectivity index (χ3v) is 3.97. The van der Waals surface area contributed by atoms with Gasteiger partial charge in [-0.15, -0.1) is 10.2 Å². The number of aromatic nitrogens is 4. The summed E-state index contributed by atoms with van der Waals surface area (Å²) in [7, 11) is 3.78. The molecule has 0 fully saturated rings. The summed E-state index contributed by atoms with van der Waals surface area (Å²) in [6.45, 7) is 0.791. The van der Waals surface area contributed by atoms with Gasteiger partial charge in [0.2, 0.25) is 5.95 Å². The molecular formula is C13H17N5O2S. The van der Waals surface area contributed by atoms with E-state index in [1.807, 2.05) is 31.1 Å². The van der Waals surface area contributed by atoms with Gasteiger partial charge in [-0.2, -0.15) is 0 Å². The van der Waals surface area contributed by atoms with Gasteiger partial charge in [-0.25, -0.2) is 0 Å². The average Bonchev–Trinajstić information content (AvgIpc) is 2.85. The predicted molar refractivity (Wildman–Crippen MR) is 80.6 cm³/mol. The van der Waals surface area contributed by atoms with Crippen LogP contribution in [0.2, 0.25) is 0 Å². The van der Waals surface area contributed by atoms with Crippen LogP contribution in [-0.2, 0) is 18.3 Å². The van der Waals surface area contributed by atoms with Gasteiger partial charge in [0.15, 0.2) is 5.16 Å². The smallest absolute Gasteiger partial charge is 0.313 e. The highest BCUT2D eigenvalue weighted by atomic mass is 32.2. The Balaban J connectivity index is 1.96. The Bertz CT molecular complexity index is 602. The number of pyridine rings is 1. The normalized spacial score (nSPS) is 10.6. The summed E-state index contributed by atoms with van der Waals surface area (Å²) in [5.74, 6) is -0.167. The molecule has 0 aliphatic carbocycles. The third-order valence-electron chi connectivity index (χ3n) is 2.96. The van der Waals surface area contributed by atoms with Gasteiger partial charge >= 0.3 is 5.97 Å². The van der Waals surface area contributed by atoms with Crippen LogP contribution in [0.3, 0.4) is 0 Å². The molecule has 1 N–H and O–H groups in total. The lowest BCUT2D eigenvalue weighted by atomic mass is 10.2. The molecule has 2 aromatic heterocycles. The van der Waals surface area contributed by atoms with E-state index in [9.17, 15) is 4.79 Å². The maximum Gasteiger partial charge on any atom is 0.313 e. The van der Waals surface area contributed by atoms with Gasteiger partial charge in [0, 0.05) is 33.0 Å². The van der Waals surface area contributed by atoms with Gasteiger partial charge in [-0.3, -0.25) is 14.3 Å². The first kappa shape index (κ1) is 15.3. The van der Waals surface area contributed by atoms with Crippen LogP contribution in [0, 0.1) is 0 Å². The molecule has 0 bridgehead atoms. The summed E-state index contributed by atoms with van der Waals surface area (Å²) in [6.07, 6.45) is 4.43. The number of carboxylic acid groups (broad SMARTS) is 1. The molecule has 0 aliphatic rings. The number of aliphatic carboxylic acids is 1. The fourth-order valence-corrected chi connectivity index (χ4v) is 2.46. The lowest BCUT2D eigenvalue weighted by molar-refractivity contribution is -0.133. The second kappa shape index (κ2) is 7.07. The molecule has 2 aromatic rings. The van der Waals surface area contributed by atoms with Crippen LogP contribution in [-0.4, -0.2) is 50.2 Å². The summed E-state index contributed by atoms with van der Waals surface area (Å²) in [5.41, 5.74) is 1.21. The van der Waals surface area contributed by atoms with Gasteiger partial charge in [-0.1, -0.05) is 11.8 Å². The highest BCUT2D eigenvalue weighted by Crippen LogP contribution is 2.19. The number of carbonyl (C=O) groups is 1. The fourth-order valence-electron chi connectivity index (χ4n) is 1.84. The fraction of sp³-hybridized carbons (Fsp3) is 0.385. The first-order chi connectivity index (χ1) is 10.1. The van der Waals surface area contributed by atoms with Crippen molar-refractivity contribution in [3.8, 4) is 0 Å². The zero-order chi connectivity index (χ0) is 15.2. The monoisotopic (exact) mass is 307 g/mol. The van der Waals surface area contributed by atoms with Crippen molar-refractivity contribution < 1.29 is 9.90 Å². The van der Waals surface area contributed by atoms with Crippen LogP contribution in [0.25, 0.3) is 0 Å². The summed E-state index contributed by atoms with van der Waals surface area (Å²) >= 11 is 1.16. The van der Waals surface area contributed by atoms with Crippen LogP contribution >= 0.6 is 11.8 Å². The van der Waals surface area contributed by atoms with E-state index in [-0.39, 0.29) is 5.75 Å². The lowest BCUT2D eigenvalue weighted by Gasteiger charge is -2.17. The van der Waals surface area contributed by atoms with Crippen molar-refractivity contribution in [2.75, 3.05) is 24.2 Å². The third kappa shape index (κ3) is 4.19. The topological polar surface area (TPSA) is 84.1 Å². The summed E-state index contributed by atoms with van der Waals surface area (Å²) < 4.78 is 1.81. The van der Waals surface area contributed by atoms with E-state index < -0.39 is 5.97 Å². The van der Waals surface area contributed by atoms with E-state index in [4.69, 9.17) is 5.11 Å². The van der Waals surface area contributed by atoms with E-state index in [0.29, 0.717) is 5.16 Å². The highest BCUT2D eigenvalue weighted by molar-refractivity contribution is 7.99. The Labute approximate surface area is 127 Å². The molecule has 0 unspecified atom stereocenters. The van der Waals surface area contributed by atoms with Crippen LogP contribution in [0.4, 0.5) is 5.95 Å². The van der Waals surface area contributed by atoms with Gasteiger partial charge < -0.3 is 10.0 Å². The molecular weight excluding hydrogens is 290 g/mol. The SMILES string of the molecule is CN(CCc1ccncc1)c1nnc(SCC(=O)O)n1C. The van der Waals surface area contributed by atoms with Crippen molar-refractivity contribution in [2.45, 2.75) is 11.6 Å². The van der Waals surface area contributed by atoms with Crippen molar-refractivity contribution in [1.82, 2.24) is 19.7 Å². The van der Waals surface area contributed by atoms with Crippen molar-refractivity contribution in [3.05, 3.63) is 30.1 Å². The Morgan fingerprint density at radius 1 is 1.38 bits per heavy atom. The van der Waals surface area contributed by atoms with Crippen LogP contribution in [0.15, 0.2) is 29.7 Å². The molecule has 0 atom stereocenters. The van der Waals surface area contributed by atoms with Crippen LogP contribution < -0.4 is 4.90 Å². The first-order valence-corrected chi connectivity index (χ1v) is 7.40. The van der Waals surface area contributed by atoms with Gasteiger partial charge in [-0.05, 0) is 24.1 Å². The molecule has 0 aromatic carbocycles. The van der Waals surface area contributed by atoms with Crippen molar-refractivity contribution in [3.63, 3.8) is 0 Å². The Hall–Kier alpha value is -2.09. The standard InChI is InChI=1S/C13H17N5O2S/c1-17(8-5-10-3-6-14-7-4-10)12-15-16-13(18(12)2)21-9-11(19)20/h3-4,6-7H,5,8-9H2,1-2H3,(H,19,20). The van der Waals surface area contributed by atoms with E-state index in [0.717, 1.165) is 30.7 Å². The molecule has 8 heteroatoms. The first-order valence-electron chi connectivity index (χ1n) is 6.42. The minimum absolute atomic E-state index is 0.0211. The molecule has 2 heterocycles. The van der Waals surface area contributed by atoms with Crippen molar-refractivity contribution in [1.29, 1.82) is 0 Å². The molecule has 0 aliphatic heterocycles. The number of nitrogens with zero attached hydrogens (tertiary/aromatic N) is 5. The largest absolute Gasteiger partial charge is 0.481 e.